The van der Waals surface area contributed by atoms with E-state index in [9.17, 15) is 0 Å². The number of benzene rings is 12. The molecule has 0 aliphatic carbocycles. The molecule has 0 spiro atoms. The average Bonchev–Trinajstić information content (AvgIpc) is 1.60. The minimum atomic E-state index is -0.631. The van der Waals surface area contributed by atoms with Gasteiger partial charge in [0.15, 0.2) is 34.8 Å². The number of hydrogen-bond acceptors (Lipinski definition) is 10. The second-order valence-corrected chi connectivity index (χ2v) is 28.7. The second-order valence-electron chi connectivity index (χ2n) is 28.7. The molecule has 5 heterocycles. The third kappa shape index (κ3) is 11.9. The number of H-pyrrole nitrogens is 2. The molecule has 12 nitrogen and oxygen atoms in total. The van der Waals surface area contributed by atoms with Gasteiger partial charge in [-0.3, -0.25) is 0 Å². The molecule has 3 aromatic heterocycles. The van der Waals surface area contributed by atoms with Gasteiger partial charge in [0.1, 0.15) is 45.6 Å². The predicted octanol–water partition coefficient (Wildman–Crippen LogP) is 23.3. The molecular weight excluding hydrogens is 1340 g/mol. The molecule has 2 N–H and O–H groups in total. The number of ether oxygens (including phenoxy) is 4. The summed E-state index contributed by atoms with van der Waals surface area (Å²) in [5.74, 6) is 4.65. The first-order valence-corrected chi connectivity index (χ1v) is 35.3. The molecule has 0 saturated carbocycles. The Morgan fingerprint density at radius 2 is 0.448 bits per heavy atom. The van der Waals surface area contributed by atoms with Crippen molar-refractivity contribution in [2.45, 2.75) is 77.0 Å². The van der Waals surface area contributed by atoms with Gasteiger partial charge in [0.05, 0.1) is 10.8 Å². The number of fused-ring (bicyclic) bond motifs is 20. The summed E-state index contributed by atoms with van der Waals surface area (Å²) in [7, 11) is 0. The van der Waals surface area contributed by atoms with Gasteiger partial charge in [0.25, 0.3) is 0 Å². The molecule has 0 unspecified atom stereocenters. The van der Waals surface area contributed by atoms with Gasteiger partial charge < -0.3 is 28.9 Å². The molecule has 0 amide bonds. The van der Waals surface area contributed by atoms with Crippen molar-refractivity contribution in [1.29, 1.82) is 0 Å². The zero-order chi connectivity index (χ0) is 70.9. The van der Waals surface area contributed by atoms with Crippen LogP contribution in [-0.2, 0) is 38.7 Å². The van der Waals surface area contributed by atoms with Crippen molar-refractivity contribution in [2.24, 2.45) is 0 Å². The van der Waals surface area contributed by atoms with Crippen molar-refractivity contribution in [3.05, 3.63) is 336 Å². The van der Waals surface area contributed by atoms with E-state index in [1.165, 1.54) is 0 Å². The quantitative estimate of drug-likeness (QED) is 0.0897. The van der Waals surface area contributed by atoms with E-state index in [1.807, 2.05) is 146 Å². The first-order valence-electron chi connectivity index (χ1n) is 35.3. The molecule has 12 aromatic carbocycles. The van der Waals surface area contributed by atoms with Gasteiger partial charge in [0, 0.05) is 76.9 Å². The summed E-state index contributed by atoms with van der Waals surface area (Å²) >= 11 is 0. The Labute approximate surface area is 620 Å². The summed E-state index contributed by atoms with van der Waals surface area (Å²) in [5, 5.41) is 2.60. The van der Waals surface area contributed by atoms with Crippen LogP contribution in [0, 0.1) is 0 Å². The van der Waals surface area contributed by atoms with Crippen LogP contribution >= 0.6 is 0 Å². The van der Waals surface area contributed by atoms with Crippen molar-refractivity contribution in [2.75, 3.05) is 0 Å². The molecule has 0 fully saturated rings. The zero-order valence-corrected chi connectivity index (χ0v) is 60.3. The Morgan fingerprint density at radius 1 is 0.229 bits per heavy atom. The molecule has 8 bridgehead atoms. The summed E-state index contributed by atoms with van der Waals surface area (Å²) in [6, 6.07) is 99.0. The molecule has 2 aliphatic rings. The van der Waals surface area contributed by atoms with Crippen molar-refractivity contribution >= 4 is 44.1 Å². The van der Waals surface area contributed by atoms with Crippen LogP contribution in [0.15, 0.2) is 291 Å². The van der Waals surface area contributed by atoms with E-state index in [4.69, 9.17) is 48.9 Å². The van der Waals surface area contributed by atoms with Gasteiger partial charge in [-0.15, -0.1) is 0 Å². The van der Waals surface area contributed by atoms with Crippen molar-refractivity contribution in [3.8, 4) is 91.5 Å². The van der Waals surface area contributed by atoms with E-state index in [0.717, 1.165) is 77.5 Å². The largest absolute Gasteiger partial charge is 2.00 e. The maximum atomic E-state index is 8.10. The normalized spacial score (nSPS) is 12.1. The molecule has 15 aromatic rings. The number of nitrogens with one attached hydrogen (secondary N) is 2. The third-order valence-corrected chi connectivity index (χ3v) is 20.9. The molecule has 105 heavy (non-hydrogen) atoms. The molecule has 0 saturated heterocycles. The minimum Gasteiger partial charge on any atom is -0.452 e. The minimum absolute atomic E-state index is 0. The SMILES string of the molecule is CC(C)(c1ccccc1)c1ccccc1Oc1c(Oc2ccccc2C(C)(C)c2ccccc2)c(Oc2ccccc2C(C)(C)c2ccccc2)c2c3nc4nc(nc5[nH]c(nc6nc(nc([nH]3)c2c1Oc1ccccc1C(C)(C)c1ccccc1)-c1ccccc1-6)c1ccccc51)-c1ccccc1-4.[Cu+2]. The Morgan fingerprint density at radius 3 is 0.733 bits per heavy atom. The predicted molar refractivity (Wildman–Crippen MR) is 416 cm³/mol. The van der Waals surface area contributed by atoms with Gasteiger partial charge in [-0.1, -0.05) is 322 Å². The van der Waals surface area contributed by atoms with E-state index < -0.39 is 21.7 Å². The second kappa shape index (κ2) is 26.8. The smallest absolute Gasteiger partial charge is 0.452 e. The van der Waals surface area contributed by atoms with Crippen LogP contribution in [0.25, 0.3) is 89.7 Å². The van der Waals surface area contributed by atoms with E-state index in [0.29, 0.717) is 79.7 Å². The molecule has 13 heteroatoms. The van der Waals surface area contributed by atoms with E-state index >= 15 is 0 Å². The van der Waals surface area contributed by atoms with Gasteiger partial charge in [-0.2, -0.15) is 0 Å². The summed E-state index contributed by atoms with van der Waals surface area (Å²) in [5.41, 5.74) is 10.2. The van der Waals surface area contributed by atoms with E-state index in [-0.39, 0.29) is 40.1 Å². The number of rotatable bonds is 16. The fourth-order valence-corrected chi connectivity index (χ4v) is 14.9. The first kappa shape index (κ1) is 67.2. The van der Waals surface area contributed by atoms with Crippen LogP contribution in [0.3, 0.4) is 0 Å². The maximum absolute atomic E-state index is 8.10. The molecule has 0 atom stereocenters. The van der Waals surface area contributed by atoms with Crippen LogP contribution in [-0.4, -0.2) is 39.9 Å². The zero-order valence-electron chi connectivity index (χ0n) is 59.3. The fourth-order valence-electron chi connectivity index (χ4n) is 14.9. The Hall–Kier alpha value is -12.3. The van der Waals surface area contributed by atoms with Gasteiger partial charge >= 0.3 is 17.1 Å². The van der Waals surface area contributed by atoms with Crippen LogP contribution in [0.5, 0.6) is 46.0 Å². The standard InChI is InChI=1S/C92H74N8O4.Cu/c1-89(2,57-35-13-9-14-36-57)67-49-27-31-53-71(67)101-77-75-76(88-99-86-66-48-26-24-46-64(66)84(97-86)95-82-62-44-22-21-43-61(62)81(93-82)94-83-63-45-23-25-47-65(63)85(96-83)98-87(75)100-88)78(102-72-54-32-28-50-68(72)90(3,4)58-37-15-10-16-38-58)80(104-74-56-34-30-52-70(74)92(7,8)60-41-19-12-20-42-60)79(77)103-73-55-33-29-51-69(73)91(5,6)59-39-17-11-18-40-59;/h9-56H,1-8H3,(H2,93,94,95,96,97,98,99,100);/q;+2. The summed E-state index contributed by atoms with van der Waals surface area (Å²) in [6.07, 6.45) is 0. The Bertz CT molecular complexity index is 5650. The average molecular weight is 1420 g/mol. The monoisotopic (exact) mass is 1420 g/mol. The van der Waals surface area contributed by atoms with Crippen LogP contribution in [0.2, 0.25) is 0 Å². The van der Waals surface area contributed by atoms with Gasteiger partial charge in [0.2, 0.25) is 11.5 Å². The summed E-state index contributed by atoms with van der Waals surface area (Å²) in [6.45, 7) is 17.8. The van der Waals surface area contributed by atoms with E-state index in [1.54, 1.807) is 0 Å². The topological polar surface area (TPSA) is 146 Å². The molecule has 2 aliphatic heterocycles. The van der Waals surface area contributed by atoms with Gasteiger partial charge in [-0.05, 0) is 46.5 Å². The first-order chi connectivity index (χ1) is 50.6. The van der Waals surface area contributed by atoms with Crippen molar-refractivity contribution in [1.82, 2.24) is 39.9 Å². The number of aromatic amines is 2. The van der Waals surface area contributed by atoms with Crippen LogP contribution in [0.4, 0.5) is 0 Å². The third-order valence-electron chi connectivity index (χ3n) is 20.9. The molecule has 1 radical (unpaired) electrons. The maximum Gasteiger partial charge on any atom is 2.00 e. The Balaban J connectivity index is 0.00000847. The molecular formula is C92H74CuN8O4+2. The fraction of sp³-hybridized carbons (Fsp3) is 0.130. The number of aromatic nitrogens is 8. The van der Waals surface area contributed by atoms with Crippen molar-refractivity contribution < 1.29 is 36.0 Å². The summed E-state index contributed by atoms with van der Waals surface area (Å²) < 4.78 is 32.4. The molecule has 17 rings (SSSR count). The molecule has 515 valence electrons. The Kier molecular flexibility index (Phi) is 17.2. The van der Waals surface area contributed by atoms with E-state index in [2.05, 4.69) is 211 Å². The number of hydrogen-bond donors (Lipinski definition) is 2. The van der Waals surface area contributed by atoms with Gasteiger partial charge in [-0.25, -0.2) is 29.9 Å². The number of para-hydroxylation sites is 4. The summed E-state index contributed by atoms with van der Waals surface area (Å²) in [4.78, 5) is 40.6. The number of nitrogens with zero attached hydrogens (tertiary/aromatic N) is 6. The van der Waals surface area contributed by atoms with Crippen LogP contribution < -0.4 is 18.9 Å². The van der Waals surface area contributed by atoms with Crippen LogP contribution in [0.1, 0.15) is 99.9 Å². The van der Waals surface area contributed by atoms with Crippen molar-refractivity contribution in [3.63, 3.8) is 0 Å².